The van der Waals surface area contributed by atoms with Crippen LogP contribution in [0, 0.1) is 0 Å². The summed E-state index contributed by atoms with van der Waals surface area (Å²) >= 11 is 0. The van der Waals surface area contributed by atoms with Crippen LogP contribution in [0.4, 0.5) is 0 Å². The molecule has 0 aliphatic heterocycles. The highest BCUT2D eigenvalue weighted by molar-refractivity contribution is 6.01. The fourth-order valence-corrected chi connectivity index (χ4v) is 1.47. The quantitative estimate of drug-likeness (QED) is 0.529. The standard InChI is InChI=1S/C11H9NO2/c13-11(12-14)10-7-6-8-4-2-1-3-5-9(8)10/h1-7,14H,(H,12,13). The second-order valence-corrected chi connectivity index (χ2v) is 2.97. The lowest BCUT2D eigenvalue weighted by Crippen LogP contribution is -2.18. The van der Waals surface area contributed by atoms with Gasteiger partial charge in [-0.25, -0.2) is 5.48 Å². The maximum absolute atomic E-state index is 11.2. The smallest absolute Gasteiger partial charge is 0.275 e. The van der Waals surface area contributed by atoms with Gasteiger partial charge in [0.2, 0.25) is 0 Å². The van der Waals surface area contributed by atoms with Gasteiger partial charge < -0.3 is 0 Å². The molecular formula is C11H9NO2. The number of hydrogen-bond donors (Lipinski definition) is 2. The summed E-state index contributed by atoms with van der Waals surface area (Å²) in [5.74, 6) is -0.480. The lowest BCUT2D eigenvalue weighted by Gasteiger charge is -1.98. The van der Waals surface area contributed by atoms with Crippen molar-refractivity contribution in [1.29, 1.82) is 0 Å². The van der Waals surface area contributed by atoms with Crippen LogP contribution in [-0.4, -0.2) is 11.1 Å². The Morgan fingerprint density at radius 2 is 1.86 bits per heavy atom. The first-order chi connectivity index (χ1) is 6.83. The second kappa shape index (κ2) is 3.47. The second-order valence-electron chi connectivity index (χ2n) is 2.97. The van der Waals surface area contributed by atoms with Crippen molar-refractivity contribution < 1.29 is 10.0 Å². The first kappa shape index (κ1) is 8.72. The number of rotatable bonds is 1. The summed E-state index contributed by atoms with van der Waals surface area (Å²) in [5, 5.41) is 8.53. The molecule has 0 aromatic carbocycles. The number of amides is 1. The zero-order valence-electron chi connectivity index (χ0n) is 7.40. The van der Waals surface area contributed by atoms with E-state index in [1.807, 2.05) is 36.4 Å². The molecule has 3 heteroatoms. The summed E-state index contributed by atoms with van der Waals surface area (Å²) in [6.07, 6.45) is 0. The number of carbonyl (C=O) groups is 1. The molecule has 2 aliphatic rings. The van der Waals surface area contributed by atoms with E-state index in [1.165, 1.54) is 0 Å². The highest BCUT2D eigenvalue weighted by Crippen LogP contribution is 2.26. The third-order valence-electron chi connectivity index (χ3n) is 2.14. The van der Waals surface area contributed by atoms with Crippen LogP contribution in [-0.2, 0) is 0 Å². The van der Waals surface area contributed by atoms with Gasteiger partial charge in [0.25, 0.3) is 5.91 Å². The van der Waals surface area contributed by atoms with Gasteiger partial charge in [-0.1, -0.05) is 36.4 Å². The van der Waals surface area contributed by atoms with E-state index in [4.69, 9.17) is 5.21 Å². The Morgan fingerprint density at radius 1 is 1.07 bits per heavy atom. The van der Waals surface area contributed by atoms with E-state index in [-0.39, 0.29) is 0 Å². The largest absolute Gasteiger partial charge is 0.288 e. The molecule has 0 saturated carbocycles. The molecule has 3 nitrogen and oxygen atoms in total. The van der Waals surface area contributed by atoms with Gasteiger partial charge in [0.15, 0.2) is 0 Å². The molecule has 0 atom stereocenters. The van der Waals surface area contributed by atoms with Crippen LogP contribution in [0.5, 0.6) is 0 Å². The molecule has 0 saturated heterocycles. The van der Waals surface area contributed by atoms with E-state index in [0.717, 1.165) is 11.1 Å². The molecule has 2 rings (SSSR count). The minimum absolute atomic E-state index is 0.480. The van der Waals surface area contributed by atoms with E-state index >= 15 is 0 Å². The van der Waals surface area contributed by atoms with Crippen LogP contribution in [0.15, 0.2) is 42.5 Å². The van der Waals surface area contributed by atoms with Gasteiger partial charge in [0.1, 0.15) is 0 Å². The molecule has 0 aromatic heterocycles. The summed E-state index contributed by atoms with van der Waals surface area (Å²) in [7, 11) is 0. The fourth-order valence-electron chi connectivity index (χ4n) is 1.47. The maximum atomic E-state index is 11.2. The number of fused-ring (bicyclic) bond motifs is 1. The van der Waals surface area contributed by atoms with Crippen LogP contribution in [0.2, 0.25) is 0 Å². The van der Waals surface area contributed by atoms with E-state index < -0.39 is 5.91 Å². The van der Waals surface area contributed by atoms with Crippen LogP contribution >= 0.6 is 0 Å². The normalized spacial score (nSPS) is 10.1. The minimum Gasteiger partial charge on any atom is -0.288 e. The molecule has 2 N–H and O–H groups in total. The Bertz CT molecular complexity index is 439. The van der Waals surface area contributed by atoms with Crippen molar-refractivity contribution in [3.63, 3.8) is 0 Å². The SMILES string of the molecule is O=C(NO)c1ccc2cccccc1-2. The van der Waals surface area contributed by atoms with Crippen molar-refractivity contribution in [2.24, 2.45) is 0 Å². The Hall–Kier alpha value is -1.87. The lowest BCUT2D eigenvalue weighted by molar-refractivity contribution is 0.0707. The molecule has 0 fully saturated rings. The molecule has 70 valence electrons. The Balaban J connectivity index is 2.58. The van der Waals surface area contributed by atoms with Crippen molar-refractivity contribution in [2.45, 2.75) is 0 Å². The molecule has 0 radical (unpaired) electrons. The van der Waals surface area contributed by atoms with Crippen LogP contribution in [0.25, 0.3) is 11.1 Å². The summed E-state index contributed by atoms with van der Waals surface area (Å²) in [5.41, 5.74) is 3.93. The van der Waals surface area contributed by atoms with Gasteiger partial charge in [-0.3, -0.25) is 10.0 Å². The van der Waals surface area contributed by atoms with Crippen molar-refractivity contribution >= 4 is 5.91 Å². The maximum Gasteiger partial charge on any atom is 0.275 e. The van der Waals surface area contributed by atoms with Gasteiger partial charge in [-0.15, -0.1) is 0 Å². The Kier molecular flexibility index (Phi) is 2.16. The summed E-state index contributed by atoms with van der Waals surface area (Å²) in [6, 6.07) is 13.0. The third kappa shape index (κ3) is 1.34. The van der Waals surface area contributed by atoms with Gasteiger partial charge in [0.05, 0.1) is 0 Å². The van der Waals surface area contributed by atoms with Crippen molar-refractivity contribution in [3.05, 3.63) is 48.0 Å². The molecule has 0 bridgehead atoms. The van der Waals surface area contributed by atoms with Crippen LogP contribution in [0.1, 0.15) is 10.4 Å². The molecule has 2 aliphatic carbocycles. The number of nitrogens with one attached hydrogen (secondary N) is 1. The van der Waals surface area contributed by atoms with E-state index in [0.29, 0.717) is 5.56 Å². The highest BCUT2D eigenvalue weighted by Gasteiger charge is 2.13. The predicted molar refractivity (Wildman–Crippen MR) is 52.3 cm³/mol. The van der Waals surface area contributed by atoms with Gasteiger partial charge in [-0.05, 0) is 17.2 Å². The van der Waals surface area contributed by atoms with Crippen molar-refractivity contribution in [1.82, 2.24) is 5.48 Å². The zero-order valence-corrected chi connectivity index (χ0v) is 7.40. The van der Waals surface area contributed by atoms with E-state index in [1.54, 1.807) is 11.5 Å². The molecule has 0 spiro atoms. The summed E-state index contributed by atoms with van der Waals surface area (Å²) in [6.45, 7) is 0. The van der Waals surface area contributed by atoms with Crippen LogP contribution in [0.3, 0.4) is 0 Å². The molecule has 1 amide bonds. The van der Waals surface area contributed by atoms with Gasteiger partial charge in [0, 0.05) is 5.56 Å². The lowest BCUT2D eigenvalue weighted by atomic mass is 10.1. The summed E-state index contributed by atoms with van der Waals surface area (Å²) in [4.78, 5) is 11.2. The van der Waals surface area contributed by atoms with Gasteiger partial charge in [-0.2, -0.15) is 0 Å². The first-order valence-electron chi connectivity index (χ1n) is 4.25. The summed E-state index contributed by atoms with van der Waals surface area (Å²) < 4.78 is 0. The monoisotopic (exact) mass is 187 g/mol. The molecule has 0 aromatic rings. The van der Waals surface area contributed by atoms with Crippen molar-refractivity contribution in [2.75, 3.05) is 0 Å². The number of hydrogen-bond acceptors (Lipinski definition) is 2. The Morgan fingerprint density at radius 3 is 2.64 bits per heavy atom. The number of hydroxylamine groups is 1. The first-order valence-corrected chi connectivity index (χ1v) is 4.25. The highest BCUT2D eigenvalue weighted by atomic mass is 16.5. The molecule has 0 heterocycles. The topological polar surface area (TPSA) is 49.3 Å². The van der Waals surface area contributed by atoms with Crippen LogP contribution < -0.4 is 5.48 Å². The predicted octanol–water partition coefficient (Wildman–Crippen LogP) is 1.91. The van der Waals surface area contributed by atoms with Gasteiger partial charge >= 0.3 is 0 Å². The van der Waals surface area contributed by atoms with E-state index in [9.17, 15) is 4.79 Å². The van der Waals surface area contributed by atoms with E-state index in [2.05, 4.69) is 0 Å². The average Bonchev–Trinajstić information content (AvgIpc) is 2.46. The molecular weight excluding hydrogens is 178 g/mol. The average molecular weight is 187 g/mol. The Labute approximate surface area is 81.3 Å². The fraction of sp³-hybridized carbons (Fsp3) is 0. The third-order valence-corrected chi connectivity index (χ3v) is 2.14. The number of carbonyl (C=O) groups excluding carboxylic acids is 1. The molecule has 0 unspecified atom stereocenters. The van der Waals surface area contributed by atoms with Crippen molar-refractivity contribution in [3.8, 4) is 11.1 Å². The zero-order chi connectivity index (χ0) is 9.97. The molecule has 14 heavy (non-hydrogen) atoms. The minimum atomic E-state index is -0.480.